The Hall–Kier alpha value is -4.65. The zero-order valence-corrected chi connectivity index (χ0v) is 18.9. The lowest BCUT2D eigenvalue weighted by molar-refractivity contribution is 0.355. The van der Waals surface area contributed by atoms with Crippen LogP contribution in [0, 0.1) is 5.41 Å². The summed E-state index contributed by atoms with van der Waals surface area (Å²) in [4.78, 5) is 8.70. The van der Waals surface area contributed by atoms with Crippen LogP contribution in [0.1, 0.15) is 5.56 Å². The molecule has 0 unspecified atom stereocenters. The highest BCUT2D eigenvalue weighted by molar-refractivity contribution is 6.10. The first kappa shape index (κ1) is 22.5. The van der Waals surface area contributed by atoms with Crippen molar-refractivity contribution in [1.29, 1.82) is 5.41 Å². The number of nitrogens with two attached hydrogens (primary N) is 1. The molecule has 3 aromatic carbocycles. The van der Waals surface area contributed by atoms with E-state index in [0.29, 0.717) is 34.5 Å². The van der Waals surface area contributed by atoms with Gasteiger partial charge in [-0.3, -0.25) is 4.98 Å². The minimum Gasteiger partial charge on any atom is -0.493 e. The predicted molar refractivity (Wildman–Crippen MR) is 135 cm³/mol. The molecule has 0 atom stereocenters. The molecule has 4 rings (SSSR count). The first-order valence-corrected chi connectivity index (χ1v) is 10.5. The Morgan fingerprint density at radius 1 is 0.882 bits per heavy atom. The van der Waals surface area contributed by atoms with E-state index in [-0.39, 0.29) is 0 Å². The van der Waals surface area contributed by atoms with E-state index < -0.39 is 0 Å². The molecule has 0 spiro atoms. The number of allylic oxidation sites excluding steroid dienone is 1. The molecule has 0 aliphatic rings. The summed E-state index contributed by atoms with van der Waals surface area (Å²) >= 11 is 0. The van der Waals surface area contributed by atoms with Crippen molar-refractivity contribution in [3.05, 3.63) is 96.7 Å². The van der Waals surface area contributed by atoms with Crippen LogP contribution in [0.3, 0.4) is 0 Å². The molecule has 4 aromatic rings. The van der Waals surface area contributed by atoms with Crippen LogP contribution >= 0.6 is 0 Å². The Morgan fingerprint density at radius 2 is 1.59 bits per heavy atom. The molecule has 0 saturated carbocycles. The maximum absolute atomic E-state index is 8.31. The lowest BCUT2D eigenvalue weighted by Crippen LogP contribution is -2.08. The number of methoxy groups -OCH3 is 2. The minimum atomic E-state index is 0.309. The Labute approximate surface area is 197 Å². The van der Waals surface area contributed by atoms with E-state index in [4.69, 9.17) is 25.4 Å². The molecular formula is C27H24N4O3. The number of aromatic nitrogens is 1. The summed E-state index contributed by atoms with van der Waals surface area (Å²) in [6.45, 7) is 0. The largest absolute Gasteiger partial charge is 0.493 e. The second-order valence-electron chi connectivity index (χ2n) is 7.28. The normalized spacial score (nSPS) is 11.5. The van der Waals surface area contributed by atoms with Gasteiger partial charge < -0.3 is 25.4 Å². The van der Waals surface area contributed by atoms with Gasteiger partial charge in [0.05, 0.1) is 31.1 Å². The van der Waals surface area contributed by atoms with Crippen LogP contribution in [-0.2, 0) is 0 Å². The first-order chi connectivity index (χ1) is 16.6. The van der Waals surface area contributed by atoms with Crippen molar-refractivity contribution in [3.63, 3.8) is 0 Å². The van der Waals surface area contributed by atoms with Gasteiger partial charge in [0.2, 0.25) is 0 Å². The quantitative estimate of drug-likeness (QED) is 0.265. The van der Waals surface area contributed by atoms with Gasteiger partial charge in [-0.1, -0.05) is 18.2 Å². The Balaban J connectivity index is 1.49. The first-order valence-electron chi connectivity index (χ1n) is 10.5. The summed E-state index contributed by atoms with van der Waals surface area (Å²) in [6.07, 6.45) is 4.91. The van der Waals surface area contributed by atoms with Gasteiger partial charge in [0.15, 0.2) is 11.5 Å². The Kier molecular flexibility index (Phi) is 6.84. The number of amidine groups is 1. The zero-order valence-electron chi connectivity index (χ0n) is 18.9. The number of aliphatic imine (C=N–C) groups is 1. The number of rotatable bonds is 8. The second-order valence-corrected chi connectivity index (χ2v) is 7.28. The smallest absolute Gasteiger partial charge is 0.162 e. The van der Waals surface area contributed by atoms with Crippen LogP contribution in [0.5, 0.6) is 23.0 Å². The van der Waals surface area contributed by atoms with Gasteiger partial charge in [0.1, 0.15) is 17.3 Å². The van der Waals surface area contributed by atoms with E-state index in [0.717, 1.165) is 22.2 Å². The van der Waals surface area contributed by atoms with E-state index in [2.05, 4.69) is 9.98 Å². The van der Waals surface area contributed by atoms with Crippen molar-refractivity contribution in [2.24, 2.45) is 10.7 Å². The van der Waals surface area contributed by atoms with Crippen LogP contribution in [0.4, 0.5) is 5.69 Å². The number of nitrogens with one attached hydrogen (secondary N) is 1. The van der Waals surface area contributed by atoms with Gasteiger partial charge in [-0.2, -0.15) is 0 Å². The van der Waals surface area contributed by atoms with Crippen molar-refractivity contribution in [3.8, 4) is 23.0 Å². The fraction of sp³-hybridized carbons (Fsp3) is 0.0741. The molecule has 7 nitrogen and oxygen atoms in total. The van der Waals surface area contributed by atoms with Crippen molar-refractivity contribution >= 4 is 28.1 Å². The van der Waals surface area contributed by atoms with Crippen LogP contribution in [-0.4, -0.2) is 30.8 Å². The van der Waals surface area contributed by atoms with Gasteiger partial charge in [-0.15, -0.1) is 0 Å². The maximum atomic E-state index is 8.31. The zero-order chi connectivity index (χ0) is 23.9. The molecule has 3 N–H and O–H groups in total. The van der Waals surface area contributed by atoms with E-state index in [9.17, 15) is 0 Å². The number of para-hydroxylation sites is 1. The number of hydrogen-bond donors (Lipinski definition) is 2. The number of nitrogens with zero attached hydrogens (tertiary/aromatic N) is 2. The Bertz CT molecular complexity index is 1360. The highest BCUT2D eigenvalue weighted by Gasteiger charge is 2.11. The standard InChI is InChI=1S/C27H24N4O3/c1-32-25-16-21-23(17-26(25)33-2)30-15-14-24(21)34-20-10-8-18(9-11-20)22(28)12-13-27(29)31-19-6-4-3-5-7-19/h3-17,28H,1-2H3,(H2,29,31)/b13-12-,28-22?. The average molecular weight is 453 g/mol. The second kappa shape index (κ2) is 10.3. The van der Waals surface area contributed by atoms with Crippen molar-refractivity contribution in [1.82, 2.24) is 4.98 Å². The third-order valence-corrected chi connectivity index (χ3v) is 5.04. The van der Waals surface area contributed by atoms with Crippen LogP contribution < -0.4 is 19.9 Å². The third-order valence-electron chi connectivity index (χ3n) is 5.04. The lowest BCUT2D eigenvalue weighted by Gasteiger charge is -2.12. The number of hydrogen-bond acceptors (Lipinski definition) is 6. The molecule has 170 valence electrons. The summed E-state index contributed by atoms with van der Waals surface area (Å²) in [7, 11) is 3.17. The van der Waals surface area contributed by atoms with Crippen molar-refractivity contribution < 1.29 is 14.2 Å². The van der Waals surface area contributed by atoms with Gasteiger partial charge in [-0.25, -0.2) is 4.99 Å². The monoisotopic (exact) mass is 452 g/mol. The van der Waals surface area contributed by atoms with E-state index >= 15 is 0 Å². The SMILES string of the molecule is COc1cc2nccc(Oc3ccc(C(=N)/C=C\C(N)=Nc4ccccc4)cc3)c2cc1OC. The summed E-state index contributed by atoms with van der Waals surface area (Å²) in [6, 6.07) is 22.1. The van der Waals surface area contributed by atoms with Gasteiger partial charge in [0.25, 0.3) is 0 Å². The van der Waals surface area contributed by atoms with Crippen LogP contribution in [0.25, 0.3) is 10.9 Å². The molecule has 7 heteroatoms. The van der Waals surface area contributed by atoms with Gasteiger partial charge >= 0.3 is 0 Å². The molecule has 1 heterocycles. The lowest BCUT2D eigenvalue weighted by atomic mass is 10.1. The number of pyridine rings is 1. The number of fused-ring (bicyclic) bond motifs is 1. The van der Waals surface area contributed by atoms with Crippen LogP contribution in [0.15, 0.2) is 96.1 Å². The van der Waals surface area contributed by atoms with Crippen molar-refractivity contribution in [2.45, 2.75) is 0 Å². The molecule has 0 radical (unpaired) electrons. The highest BCUT2D eigenvalue weighted by atomic mass is 16.5. The maximum Gasteiger partial charge on any atom is 0.162 e. The summed E-state index contributed by atoms with van der Waals surface area (Å²) in [5.41, 5.74) is 8.48. The number of benzene rings is 3. The van der Waals surface area contributed by atoms with E-state index in [1.807, 2.05) is 66.7 Å². The third kappa shape index (κ3) is 5.21. The fourth-order valence-corrected chi connectivity index (χ4v) is 3.32. The molecular weight excluding hydrogens is 428 g/mol. The average Bonchev–Trinajstić information content (AvgIpc) is 2.87. The minimum absolute atomic E-state index is 0.309. The Morgan fingerprint density at radius 3 is 2.29 bits per heavy atom. The highest BCUT2D eigenvalue weighted by Crippen LogP contribution is 2.36. The molecule has 0 saturated heterocycles. The van der Waals surface area contributed by atoms with Gasteiger partial charge in [-0.05, 0) is 66.2 Å². The molecule has 0 aliphatic heterocycles. The predicted octanol–water partition coefficient (Wildman–Crippen LogP) is 5.66. The molecule has 0 bridgehead atoms. The molecule has 34 heavy (non-hydrogen) atoms. The van der Waals surface area contributed by atoms with E-state index in [1.54, 1.807) is 38.6 Å². The topological polar surface area (TPSA) is 103 Å². The van der Waals surface area contributed by atoms with Crippen LogP contribution in [0.2, 0.25) is 0 Å². The summed E-state index contributed by atoms with van der Waals surface area (Å²) < 4.78 is 16.9. The van der Waals surface area contributed by atoms with Crippen molar-refractivity contribution in [2.75, 3.05) is 14.2 Å². The molecule has 1 aromatic heterocycles. The molecule has 0 amide bonds. The molecule has 0 aliphatic carbocycles. The fourth-order valence-electron chi connectivity index (χ4n) is 3.32. The van der Waals surface area contributed by atoms with Gasteiger partial charge in [0, 0.05) is 17.6 Å². The summed E-state index contributed by atoms with van der Waals surface area (Å²) in [5, 5.41) is 9.11. The molecule has 0 fully saturated rings. The number of ether oxygens (including phenoxy) is 3. The summed E-state index contributed by atoms with van der Waals surface area (Å²) in [5.74, 6) is 2.79. The van der Waals surface area contributed by atoms with E-state index in [1.165, 1.54) is 0 Å².